The van der Waals surface area contributed by atoms with Crippen molar-refractivity contribution in [2.75, 3.05) is 0 Å². The van der Waals surface area contributed by atoms with E-state index >= 15 is 0 Å². The van der Waals surface area contributed by atoms with Crippen LogP contribution in [0.5, 0.6) is 5.75 Å². The monoisotopic (exact) mass is 476 g/mol. The maximum atomic E-state index is 6.23. The van der Waals surface area contributed by atoms with Crippen molar-refractivity contribution >= 4 is 50.1 Å². The molecule has 110 valence electrons. The molecule has 0 aliphatic carbocycles. The number of benzene rings is 2. The van der Waals surface area contributed by atoms with Gasteiger partial charge < -0.3 is 4.74 Å². The highest BCUT2D eigenvalue weighted by molar-refractivity contribution is 14.1. The Bertz CT molecular complexity index is 699. The fourth-order valence-corrected chi connectivity index (χ4v) is 3.74. The number of rotatable bonds is 2. The Balaban J connectivity index is 1.93. The molecular formula is C17H15BrClIO. The average Bonchev–Trinajstić information content (AvgIpc) is 2.73. The van der Waals surface area contributed by atoms with Crippen LogP contribution in [-0.4, -0.2) is 5.60 Å². The fourth-order valence-electron chi connectivity index (χ4n) is 2.65. The normalized spacial score (nSPS) is 17.2. The molecule has 1 unspecified atom stereocenters. The Kier molecular flexibility index (Phi) is 4.27. The summed E-state index contributed by atoms with van der Waals surface area (Å²) in [5, 5.41) is 0.795. The maximum Gasteiger partial charge on any atom is 0.123 e. The summed E-state index contributed by atoms with van der Waals surface area (Å²) in [5.41, 5.74) is 3.57. The molecule has 1 aliphatic heterocycles. The van der Waals surface area contributed by atoms with Gasteiger partial charge in [0.25, 0.3) is 0 Å². The molecule has 2 aromatic rings. The number of ether oxygens (including phenoxy) is 1. The molecule has 4 heteroatoms. The first-order valence-electron chi connectivity index (χ1n) is 6.76. The fraction of sp³-hybridized carbons (Fsp3) is 0.294. The minimum Gasteiger partial charge on any atom is -0.487 e. The zero-order valence-electron chi connectivity index (χ0n) is 11.8. The van der Waals surface area contributed by atoms with E-state index < -0.39 is 0 Å². The molecule has 0 saturated carbocycles. The second kappa shape index (κ2) is 5.74. The SMILES string of the molecule is CC1(C)Cc2cc(C(Br)c3ccc(I)c(Cl)c3)ccc2O1. The molecular weight excluding hydrogens is 462 g/mol. The standard InChI is InChI=1S/C17H15BrClIO/c1-17(2)9-12-7-10(4-6-15(12)21-17)16(18)11-3-5-14(20)13(19)8-11/h3-8,16H,9H2,1-2H3. The topological polar surface area (TPSA) is 9.23 Å². The van der Waals surface area contributed by atoms with Crippen LogP contribution in [0.1, 0.15) is 35.4 Å². The summed E-state index contributed by atoms with van der Waals surface area (Å²) in [6.07, 6.45) is 0.948. The summed E-state index contributed by atoms with van der Waals surface area (Å²) in [4.78, 5) is 0.140. The summed E-state index contributed by atoms with van der Waals surface area (Å²) in [6, 6.07) is 12.6. The second-order valence-corrected chi connectivity index (χ2v) is 8.43. The van der Waals surface area contributed by atoms with E-state index in [1.807, 2.05) is 12.1 Å². The first-order valence-corrected chi connectivity index (χ1v) is 9.14. The van der Waals surface area contributed by atoms with Gasteiger partial charge in [0.2, 0.25) is 0 Å². The van der Waals surface area contributed by atoms with E-state index in [9.17, 15) is 0 Å². The van der Waals surface area contributed by atoms with Gasteiger partial charge >= 0.3 is 0 Å². The first kappa shape index (κ1) is 15.6. The van der Waals surface area contributed by atoms with Crippen LogP contribution in [-0.2, 0) is 6.42 Å². The van der Waals surface area contributed by atoms with Crippen LogP contribution >= 0.6 is 50.1 Å². The lowest BCUT2D eigenvalue weighted by Crippen LogP contribution is -2.24. The van der Waals surface area contributed by atoms with Crippen molar-refractivity contribution in [3.8, 4) is 5.75 Å². The number of hydrogen-bond acceptors (Lipinski definition) is 1. The molecule has 0 saturated heterocycles. The lowest BCUT2D eigenvalue weighted by molar-refractivity contribution is 0.138. The van der Waals surface area contributed by atoms with Crippen molar-refractivity contribution in [2.24, 2.45) is 0 Å². The van der Waals surface area contributed by atoms with Crippen LogP contribution in [0, 0.1) is 3.57 Å². The van der Waals surface area contributed by atoms with Crippen LogP contribution < -0.4 is 4.74 Å². The van der Waals surface area contributed by atoms with E-state index in [1.54, 1.807) is 0 Å². The highest BCUT2D eigenvalue weighted by Gasteiger charge is 2.30. The largest absolute Gasteiger partial charge is 0.487 e. The lowest BCUT2D eigenvalue weighted by atomic mass is 9.98. The number of fused-ring (bicyclic) bond motifs is 1. The molecule has 0 bridgehead atoms. The van der Waals surface area contributed by atoms with E-state index in [-0.39, 0.29) is 10.4 Å². The van der Waals surface area contributed by atoms with E-state index in [0.29, 0.717) is 0 Å². The van der Waals surface area contributed by atoms with Gasteiger partial charge in [-0.3, -0.25) is 0 Å². The number of halogens is 3. The van der Waals surface area contributed by atoms with Gasteiger partial charge in [-0.25, -0.2) is 0 Å². The highest BCUT2D eigenvalue weighted by Crippen LogP contribution is 2.39. The third-order valence-corrected chi connectivity index (χ3v) is 6.25. The van der Waals surface area contributed by atoms with E-state index in [1.165, 1.54) is 16.7 Å². The molecule has 1 atom stereocenters. The van der Waals surface area contributed by atoms with Crippen LogP contribution in [0.2, 0.25) is 5.02 Å². The Morgan fingerprint density at radius 2 is 1.86 bits per heavy atom. The minimum absolute atomic E-state index is 0.102. The van der Waals surface area contributed by atoms with Crippen molar-refractivity contribution in [2.45, 2.75) is 30.7 Å². The van der Waals surface area contributed by atoms with Gasteiger partial charge in [0.15, 0.2) is 0 Å². The summed E-state index contributed by atoms with van der Waals surface area (Å²) < 4.78 is 7.00. The quantitative estimate of drug-likeness (QED) is 0.373. The molecule has 2 aromatic carbocycles. The van der Waals surface area contributed by atoms with E-state index in [4.69, 9.17) is 16.3 Å². The predicted octanol–water partition coefficient (Wildman–Crippen LogP) is 6.14. The van der Waals surface area contributed by atoms with Gasteiger partial charge in [-0.2, -0.15) is 0 Å². The Morgan fingerprint density at radius 3 is 2.57 bits per heavy atom. The lowest BCUT2D eigenvalue weighted by Gasteiger charge is -2.16. The average molecular weight is 478 g/mol. The van der Waals surface area contributed by atoms with Crippen molar-refractivity contribution < 1.29 is 4.74 Å². The van der Waals surface area contributed by atoms with Crippen LogP contribution in [0.3, 0.4) is 0 Å². The van der Waals surface area contributed by atoms with Crippen LogP contribution in [0.25, 0.3) is 0 Å². The number of hydrogen-bond donors (Lipinski definition) is 0. The van der Waals surface area contributed by atoms with Gasteiger partial charge in [0, 0.05) is 9.99 Å². The van der Waals surface area contributed by atoms with Gasteiger partial charge in [0.1, 0.15) is 11.4 Å². The van der Waals surface area contributed by atoms with Crippen molar-refractivity contribution in [3.05, 3.63) is 61.7 Å². The Labute approximate surface area is 152 Å². The van der Waals surface area contributed by atoms with Crippen molar-refractivity contribution in [1.29, 1.82) is 0 Å². The van der Waals surface area contributed by atoms with E-state index in [0.717, 1.165) is 20.8 Å². The minimum atomic E-state index is -0.102. The van der Waals surface area contributed by atoms with Gasteiger partial charge in [-0.15, -0.1) is 0 Å². The summed E-state index contributed by atoms with van der Waals surface area (Å²) in [7, 11) is 0. The zero-order chi connectivity index (χ0) is 15.2. The molecule has 0 aromatic heterocycles. The second-order valence-electron chi connectivity index (χ2n) is 5.94. The molecule has 0 fully saturated rings. The molecule has 0 spiro atoms. The third kappa shape index (κ3) is 3.25. The summed E-state index contributed by atoms with van der Waals surface area (Å²) >= 11 is 12.3. The highest BCUT2D eigenvalue weighted by atomic mass is 127. The Morgan fingerprint density at radius 1 is 1.19 bits per heavy atom. The van der Waals surface area contributed by atoms with Crippen LogP contribution in [0.15, 0.2) is 36.4 Å². The molecule has 0 N–H and O–H groups in total. The first-order chi connectivity index (χ1) is 9.85. The molecule has 1 heterocycles. The molecule has 1 nitrogen and oxygen atoms in total. The predicted molar refractivity (Wildman–Crippen MR) is 99.8 cm³/mol. The zero-order valence-corrected chi connectivity index (χ0v) is 16.3. The van der Waals surface area contributed by atoms with Gasteiger partial charge in [-0.1, -0.05) is 45.7 Å². The van der Waals surface area contributed by atoms with Crippen LogP contribution in [0.4, 0.5) is 0 Å². The molecule has 1 aliphatic rings. The van der Waals surface area contributed by atoms with E-state index in [2.05, 4.69) is 76.6 Å². The Hall–Kier alpha value is -0.260. The van der Waals surface area contributed by atoms with Crippen molar-refractivity contribution in [1.82, 2.24) is 0 Å². The van der Waals surface area contributed by atoms with Crippen molar-refractivity contribution in [3.63, 3.8) is 0 Å². The smallest absolute Gasteiger partial charge is 0.123 e. The third-order valence-electron chi connectivity index (χ3n) is 3.62. The summed E-state index contributed by atoms with van der Waals surface area (Å²) in [6.45, 7) is 4.24. The molecule has 0 radical (unpaired) electrons. The summed E-state index contributed by atoms with van der Waals surface area (Å²) in [5.74, 6) is 1.00. The molecule has 0 amide bonds. The molecule has 3 rings (SSSR count). The maximum absolute atomic E-state index is 6.23. The number of alkyl halides is 1. The van der Waals surface area contributed by atoms with Gasteiger partial charge in [0.05, 0.1) is 9.85 Å². The molecule has 21 heavy (non-hydrogen) atoms. The van der Waals surface area contributed by atoms with Gasteiger partial charge in [-0.05, 0) is 71.3 Å².